The van der Waals surface area contributed by atoms with Gasteiger partial charge >= 0.3 is 6.36 Å². The summed E-state index contributed by atoms with van der Waals surface area (Å²) in [5.74, 6) is -0.0993. The molecule has 2 N–H and O–H groups in total. The second kappa shape index (κ2) is 9.51. The van der Waals surface area contributed by atoms with Crippen LogP contribution >= 0.6 is 11.6 Å². The normalized spacial score (nSPS) is 13.7. The number of nitrogens with one attached hydrogen (secondary N) is 1. The number of nitrogens with zero attached hydrogens (tertiary/aromatic N) is 1. The standard InChI is InChI=1S/C21H22ClF3N2O3/c1-13(15-7-11-18(12-8-15)29-21(23,24)25)27-30-14(2)20(3,4)26-19(28)16-5-9-17(22)10-6-16/h5-12,19,26,28H,2H2,1,3-4H3/b27-13+. The fourth-order valence-corrected chi connectivity index (χ4v) is 2.46. The lowest BCUT2D eigenvalue weighted by molar-refractivity contribution is -0.274. The Morgan fingerprint density at radius 1 is 1.10 bits per heavy atom. The van der Waals surface area contributed by atoms with Gasteiger partial charge in [-0.05, 0) is 68.3 Å². The van der Waals surface area contributed by atoms with E-state index in [9.17, 15) is 18.3 Å². The molecule has 0 spiro atoms. The number of halogens is 4. The number of oxime groups is 1. The molecule has 0 fully saturated rings. The molecule has 162 valence electrons. The Morgan fingerprint density at radius 2 is 1.67 bits per heavy atom. The maximum atomic E-state index is 12.2. The van der Waals surface area contributed by atoms with Gasteiger partial charge in [-0.25, -0.2) is 0 Å². The molecule has 30 heavy (non-hydrogen) atoms. The smallest absolute Gasteiger partial charge is 0.406 e. The lowest BCUT2D eigenvalue weighted by Crippen LogP contribution is -2.43. The number of aliphatic hydroxyl groups excluding tert-OH is 1. The van der Waals surface area contributed by atoms with Crippen molar-refractivity contribution in [1.82, 2.24) is 5.32 Å². The molecule has 2 aromatic rings. The minimum absolute atomic E-state index is 0.229. The van der Waals surface area contributed by atoms with Gasteiger partial charge in [-0.2, -0.15) is 0 Å². The number of benzene rings is 2. The van der Waals surface area contributed by atoms with Crippen LogP contribution in [-0.4, -0.2) is 22.7 Å². The molecular weight excluding hydrogens is 421 g/mol. The number of ether oxygens (including phenoxy) is 1. The minimum Gasteiger partial charge on any atom is -0.406 e. The number of aliphatic hydroxyl groups is 1. The SMILES string of the molecule is C=C(O/N=C(\C)c1ccc(OC(F)(F)F)cc1)C(C)(C)NC(O)c1ccc(Cl)cc1. The van der Waals surface area contributed by atoms with Gasteiger partial charge in [0, 0.05) is 5.02 Å². The second-order valence-corrected chi connectivity index (χ2v) is 7.42. The molecule has 5 nitrogen and oxygen atoms in total. The highest BCUT2D eigenvalue weighted by atomic mass is 35.5. The van der Waals surface area contributed by atoms with Crippen molar-refractivity contribution >= 4 is 17.3 Å². The summed E-state index contributed by atoms with van der Waals surface area (Å²) >= 11 is 5.85. The Hall–Kier alpha value is -2.55. The molecule has 0 saturated heterocycles. The van der Waals surface area contributed by atoms with E-state index in [1.807, 2.05) is 0 Å². The average molecular weight is 443 g/mol. The number of alkyl halides is 3. The summed E-state index contributed by atoms with van der Waals surface area (Å²) in [4.78, 5) is 5.38. The third kappa shape index (κ3) is 7.05. The van der Waals surface area contributed by atoms with Crippen molar-refractivity contribution in [2.75, 3.05) is 0 Å². The van der Waals surface area contributed by atoms with E-state index in [2.05, 4.69) is 21.8 Å². The first kappa shape index (κ1) is 23.7. The fourth-order valence-electron chi connectivity index (χ4n) is 2.34. The third-order valence-electron chi connectivity index (χ3n) is 4.18. The lowest BCUT2D eigenvalue weighted by atomic mass is 10.0. The minimum atomic E-state index is -4.75. The van der Waals surface area contributed by atoms with E-state index in [0.717, 1.165) is 0 Å². The van der Waals surface area contributed by atoms with Gasteiger partial charge in [0.1, 0.15) is 17.7 Å². The third-order valence-corrected chi connectivity index (χ3v) is 4.43. The van der Waals surface area contributed by atoms with Crippen LogP contribution in [0.1, 0.15) is 38.1 Å². The highest BCUT2D eigenvalue weighted by Gasteiger charge is 2.31. The van der Waals surface area contributed by atoms with Gasteiger partial charge in [-0.15, -0.1) is 13.2 Å². The maximum absolute atomic E-state index is 12.2. The molecule has 0 aliphatic rings. The van der Waals surface area contributed by atoms with Crippen LogP contribution in [0.4, 0.5) is 13.2 Å². The van der Waals surface area contributed by atoms with Gasteiger partial charge in [-0.1, -0.05) is 35.5 Å². The topological polar surface area (TPSA) is 63.1 Å². The predicted octanol–water partition coefficient (Wildman–Crippen LogP) is 5.55. The summed E-state index contributed by atoms with van der Waals surface area (Å²) in [6.07, 6.45) is -5.75. The van der Waals surface area contributed by atoms with Crippen LogP contribution in [0.25, 0.3) is 0 Å². The van der Waals surface area contributed by atoms with E-state index in [1.54, 1.807) is 45.0 Å². The van der Waals surface area contributed by atoms with Gasteiger partial charge in [0.2, 0.25) is 0 Å². The molecule has 0 heterocycles. The monoisotopic (exact) mass is 442 g/mol. The molecule has 0 bridgehead atoms. The summed E-state index contributed by atoms with van der Waals surface area (Å²) in [5.41, 5.74) is 0.724. The van der Waals surface area contributed by atoms with E-state index < -0.39 is 18.1 Å². The van der Waals surface area contributed by atoms with E-state index in [4.69, 9.17) is 16.4 Å². The fraction of sp³-hybridized carbons (Fsp3) is 0.286. The zero-order chi connectivity index (χ0) is 22.5. The van der Waals surface area contributed by atoms with Crippen LogP contribution in [-0.2, 0) is 4.84 Å². The first-order valence-electron chi connectivity index (χ1n) is 8.86. The highest BCUT2D eigenvalue weighted by molar-refractivity contribution is 6.30. The first-order valence-corrected chi connectivity index (χ1v) is 9.23. The predicted molar refractivity (Wildman–Crippen MR) is 109 cm³/mol. The lowest BCUT2D eigenvalue weighted by Gasteiger charge is -2.29. The number of hydrogen-bond acceptors (Lipinski definition) is 5. The van der Waals surface area contributed by atoms with Gasteiger partial charge < -0.3 is 14.7 Å². The molecule has 0 aromatic heterocycles. The molecule has 2 aromatic carbocycles. The van der Waals surface area contributed by atoms with Crippen molar-refractivity contribution in [2.45, 2.75) is 38.9 Å². The maximum Gasteiger partial charge on any atom is 0.573 e. The van der Waals surface area contributed by atoms with Crippen molar-refractivity contribution in [3.05, 3.63) is 77.0 Å². The zero-order valence-corrected chi connectivity index (χ0v) is 17.4. The number of hydrogen-bond donors (Lipinski definition) is 2. The van der Waals surface area contributed by atoms with Gasteiger partial charge in [0.15, 0.2) is 0 Å². The molecule has 0 radical (unpaired) electrons. The van der Waals surface area contributed by atoms with Crippen molar-refractivity contribution < 1.29 is 27.9 Å². The summed E-state index contributed by atoms with van der Waals surface area (Å²) in [7, 11) is 0. The van der Waals surface area contributed by atoms with Gasteiger partial charge in [-0.3, -0.25) is 5.32 Å². The largest absolute Gasteiger partial charge is 0.573 e. The first-order chi connectivity index (χ1) is 13.9. The zero-order valence-electron chi connectivity index (χ0n) is 16.6. The van der Waals surface area contributed by atoms with Crippen molar-refractivity contribution in [2.24, 2.45) is 5.16 Å². The van der Waals surface area contributed by atoms with Gasteiger partial charge in [0.05, 0.1) is 11.3 Å². The Balaban J connectivity index is 1.99. The molecule has 9 heteroatoms. The van der Waals surface area contributed by atoms with E-state index in [0.29, 0.717) is 21.9 Å². The molecule has 1 unspecified atom stereocenters. The summed E-state index contributed by atoms with van der Waals surface area (Å²) in [6.45, 7) is 8.98. The highest BCUT2D eigenvalue weighted by Crippen LogP contribution is 2.24. The van der Waals surface area contributed by atoms with E-state index in [1.165, 1.54) is 24.3 Å². The van der Waals surface area contributed by atoms with Crippen LogP contribution in [0.15, 0.2) is 66.0 Å². The summed E-state index contributed by atoms with van der Waals surface area (Å²) in [6, 6.07) is 11.9. The van der Waals surface area contributed by atoms with Crippen LogP contribution < -0.4 is 10.1 Å². The van der Waals surface area contributed by atoms with E-state index >= 15 is 0 Å². The molecule has 0 amide bonds. The van der Waals surface area contributed by atoms with Crippen molar-refractivity contribution in [3.8, 4) is 5.75 Å². The van der Waals surface area contributed by atoms with Crippen molar-refractivity contribution in [3.63, 3.8) is 0 Å². The molecular formula is C21H22ClF3N2O3. The number of rotatable bonds is 8. The Bertz CT molecular complexity index is 895. The Kier molecular flexibility index (Phi) is 7.52. The van der Waals surface area contributed by atoms with Crippen LogP contribution in [0.5, 0.6) is 5.75 Å². The summed E-state index contributed by atoms with van der Waals surface area (Å²) in [5, 5.41) is 17.9. The van der Waals surface area contributed by atoms with Crippen LogP contribution in [0.3, 0.4) is 0 Å². The molecule has 1 atom stereocenters. The molecule has 0 saturated carbocycles. The quantitative estimate of drug-likeness (QED) is 0.243. The molecule has 0 aliphatic carbocycles. The average Bonchev–Trinajstić information content (AvgIpc) is 2.65. The van der Waals surface area contributed by atoms with E-state index in [-0.39, 0.29) is 11.5 Å². The van der Waals surface area contributed by atoms with Crippen molar-refractivity contribution in [1.29, 1.82) is 0 Å². The molecule has 2 rings (SSSR count). The molecule has 0 aliphatic heterocycles. The van der Waals surface area contributed by atoms with Gasteiger partial charge in [0.25, 0.3) is 0 Å². The Labute approximate surface area is 177 Å². The van der Waals surface area contributed by atoms with Crippen LogP contribution in [0, 0.1) is 0 Å². The van der Waals surface area contributed by atoms with Crippen LogP contribution in [0.2, 0.25) is 5.02 Å². The second-order valence-electron chi connectivity index (χ2n) is 6.99. The Morgan fingerprint density at radius 3 is 2.20 bits per heavy atom. The summed E-state index contributed by atoms with van der Waals surface area (Å²) < 4.78 is 40.5.